The first-order valence-electron chi connectivity index (χ1n) is 12.1. The Bertz CT molecular complexity index is 808. The summed E-state index contributed by atoms with van der Waals surface area (Å²) in [7, 11) is 0. The Morgan fingerprint density at radius 2 is 1.58 bits per heavy atom. The summed E-state index contributed by atoms with van der Waals surface area (Å²) >= 11 is 0. The normalized spacial score (nSPS) is 42.4. The SMILES string of the molecule is C[C@@H]1O[C@@H](O[C@@H]2CCCC[C@H]2O[C@@H]2O[C@H](CO)[C@H](O)[C@H](O[C@@H](CN=[N+]=[N-])C(=O)[O-])[C@H]2O)[C@@H](O)[C@H](O)[C@@H]1O.[Na+]. The number of aliphatic hydroxyl groups excluding tert-OH is 6. The molecule has 3 rings (SSSR count). The van der Waals surface area contributed by atoms with Crippen molar-refractivity contribution in [3.8, 4) is 0 Å². The second-order valence-corrected chi connectivity index (χ2v) is 9.34. The summed E-state index contributed by atoms with van der Waals surface area (Å²) in [6.45, 7) is 0.121. The van der Waals surface area contributed by atoms with Crippen molar-refractivity contribution < 1.29 is 93.8 Å². The van der Waals surface area contributed by atoms with Crippen LogP contribution in [0, 0.1) is 0 Å². The summed E-state index contributed by atoms with van der Waals surface area (Å²) in [5, 5.41) is 75.8. The first-order valence-corrected chi connectivity index (χ1v) is 12.1. The van der Waals surface area contributed by atoms with Gasteiger partial charge in [0.1, 0.15) is 48.8 Å². The molecular formula is C21H34N3NaO13. The molecule has 0 aromatic carbocycles. The van der Waals surface area contributed by atoms with Gasteiger partial charge in [0.2, 0.25) is 0 Å². The summed E-state index contributed by atoms with van der Waals surface area (Å²) < 4.78 is 28.2. The topological polar surface area (TPSA) is 256 Å². The number of azide groups is 1. The smallest absolute Gasteiger partial charge is 0.547 e. The van der Waals surface area contributed by atoms with Crippen molar-refractivity contribution in [1.29, 1.82) is 0 Å². The first-order chi connectivity index (χ1) is 17.6. The van der Waals surface area contributed by atoms with Gasteiger partial charge in [-0.3, -0.25) is 0 Å². The Labute approximate surface area is 240 Å². The molecular weight excluding hydrogens is 525 g/mol. The fraction of sp³-hybridized carbons (Fsp3) is 0.952. The van der Waals surface area contributed by atoms with E-state index in [9.17, 15) is 40.5 Å². The van der Waals surface area contributed by atoms with Gasteiger partial charge in [0, 0.05) is 4.91 Å². The molecule has 0 bridgehead atoms. The molecule has 2 saturated heterocycles. The zero-order valence-corrected chi connectivity index (χ0v) is 23.1. The number of carboxylic acid groups (broad SMARTS) is 1. The third-order valence-electron chi connectivity index (χ3n) is 6.79. The molecule has 0 amide bonds. The molecule has 1 aliphatic carbocycles. The van der Waals surface area contributed by atoms with Crippen LogP contribution >= 0.6 is 0 Å². The van der Waals surface area contributed by atoms with Gasteiger partial charge in [-0.05, 0) is 25.3 Å². The van der Waals surface area contributed by atoms with Crippen molar-refractivity contribution in [2.75, 3.05) is 13.2 Å². The summed E-state index contributed by atoms with van der Waals surface area (Å²) in [4.78, 5) is 13.8. The van der Waals surface area contributed by atoms with Crippen molar-refractivity contribution in [2.45, 2.75) is 112 Å². The number of carbonyl (C=O) groups excluding carboxylic acids is 1. The van der Waals surface area contributed by atoms with Gasteiger partial charge < -0.3 is 64.2 Å². The molecule has 6 N–H and O–H groups in total. The first kappa shape index (κ1) is 33.5. The van der Waals surface area contributed by atoms with E-state index >= 15 is 0 Å². The van der Waals surface area contributed by atoms with Crippen molar-refractivity contribution in [3.05, 3.63) is 10.4 Å². The molecule has 1 saturated carbocycles. The minimum absolute atomic E-state index is 0. The van der Waals surface area contributed by atoms with Gasteiger partial charge in [-0.1, -0.05) is 18.0 Å². The second kappa shape index (κ2) is 15.4. The zero-order chi connectivity index (χ0) is 27.3. The maximum Gasteiger partial charge on any atom is 1.00 e. The number of ether oxygens (including phenoxy) is 5. The van der Waals surface area contributed by atoms with E-state index < -0.39 is 98.8 Å². The molecule has 0 unspecified atom stereocenters. The molecule has 16 nitrogen and oxygen atoms in total. The van der Waals surface area contributed by atoms with Crippen LogP contribution in [0.15, 0.2) is 5.11 Å². The third kappa shape index (κ3) is 7.96. The Balaban J connectivity index is 0.00000507. The predicted molar refractivity (Wildman–Crippen MR) is 116 cm³/mol. The molecule has 38 heavy (non-hydrogen) atoms. The van der Waals surface area contributed by atoms with Crippen molar-refractivity contribution >= 4 is 5.97 Å². The van der Waals surface area contributed by atoms with E-state index in [0.29, 0.717) is 19.3 Å². The molecule has 2 aliphatic heterocycles. The number of hydrogen-bond acceptors (Lipinski definition) is 14. The Morgan fingerprint density at radius 1 is 1.00 bits per heavy atom. The minimum atomic E-state index is -1.80. The van der Waals surface area contributed by atoms with E-state index in [2.05, 4.69) is 10.0 Å². The Morgan fingerprint density at radius 3 is 2.11 bits per heavy atom. The number of rotatable bonds is 10. The maximum absolute atomic E-state index is 11.4. The van der Waals surface area contributed by atoms with E-state index in [1.807, 2.05) is 0 Å². The minimum Gasteiger partial charge on any atom is -0.547 e. The number of carboxylic acids is 1. The Hall–Kier alpha value is -0.660. The van der Waals surface area contributed by atoms with Gasteiger partial charge in [0.05, 0.1) is 37.4 Å². The Kier molecular flexibility index (Phi) is 13.6. The second-order valence-electron chi connectivity index (χ2n) is 9.34. The standard InChI is InChI=1S/C21H35N3O13.Na/c1-8-13(26)15(28)16(29)20(33-8)35-9-4-2-3-5-10(9)36-21-17(30)18(14(27)12(7-25)37-21)34-11(19(31)32)6-23-24-22;/h8-18,20-21,25-30H,2-7H2,1H3,(H,31,32);/q;+1/p-1/t8-,9+,10+,11-,12+,13+,14-,15+,16-,17+,18-,20-,21+;/m0./s1. The molecule has 2 heterocycles. The van der Waals surface area contributed by atoms with Crippen LogP contribution in [-0.4, -0.2) is 129 Å². The zero-order valence-electron chi connectivity index (χ0n) is 21.1. The number of carbonyl (C=O) groups is 1. The van der Waals surface area contributed by atoms with Crippen LogP contribution in [0.25, 0.3) is 10.4 Å². The predicted octanol–water partition coefficient (Wildman–Crippen LogP) is -6.58. The molecule has 0 radical (unpaired) electrons. The van der Waals surface area contributed by atoms with E-state index in [-0.39, 0.29) is 29.6 Å². The van der Waals surface area contributed by atoms with Gasteiger partial charge >= 0.3 is 29.6 Å². The summed E-state index contributed by atoms with van der Waals surface area (Å²) in [6, 6.07) is 0. The molecule has 13 atom stereocenters. The van der Waals surface area contributed by atoms with Crippen LogP contribution in [0.4, 0.5) is 0 Å². The van der Waals surface area contributed by atoms with Gasteiger partial charge in [-0.25, -0.2) is 0 Å². The third-order valence-corrected chi connectivity index (χ3v) is 6.79. The van der Waals surface area contributed by atoms with E-state index in [0.717, 1.165) is 6.42 Å². The fourth-order valence-corrected chi connectivity index (χ4v) is 4.64. The molecule has 17 heteroatoms. The average Bonchev–Trinajstić information content (AvgIpc) is 2.87. The van der Waals surface area contributed by atoms with Gasteiger partial charge in [-0.2, -0.15) is 0 Å². The van der Waals surface area contributed by atoms with Crippen LogP contribution in [0.1, 0.15) is 32.6 Å². The van der Waals surface area contributed by atoms with Crippen LogP contribution in [-0.2, 0) is 28.5 Å². The van der Waals surface area contributed by atoms with E-state index in [4.69, 9.17) is 29.2 Å². The summed E-state index contributed by atoms with van der Waals surface area (Å²) in [5.41, 5.74) is 8.47. The van der Waals surface area contributed by atoms with Crippen LogP contribution in [0.2, 0.25) is 0 Å². The van der Waals surface area contributed by atoms with Gasteiger partial charge in [0.15, 0.2) is 12.6 Å². The molecule has 3 aliphatic rings. The van der Waals surface area contributed by atoms with Crippen LogP contribution < -0.4 is 34.7 Å². The number of aliphatic carboxylic acids is 1. The van der Waals surface area contributed by atoms with Crippen LogP contribution in [0.5, 0.6) is 0 Å². The monoisotopic (exact) mass is 559 g/mol. The van der Waals surface area contributed by atoms with Crippen molar-refractivity contribution in [2.24, 2.45) is 5.11 Å². The number of hydrogen-bond donors (Lipinski definition) is 6. The fourth-order valence-electron chi connectivity index (χ4n) is 4.64. The largest absolute Gasteiger partial charge is 1.00 e. The quantitative estimate of drug-likeness (QED) is 0.0630. The molecule has 0 aromatic heterocycles. The summed E-state index contributed by atoms with van der Waals surface area (Å²) in [5.74, 6) is -1.75. The number of nitrogens with zero attached hydrogens (tertiary/aromatic N) is 3. The van der Waals surface area contributed by atoms with Gasteiger partial charge in [-0.15, -0.1) is 0 Å². The van der Waals surface area contributed by atoms with Crippen molar-refractivity contribution in [3.63, 3.8) is 0 Å². The summed E-state index contributed by atoms with van der Waals surface area (Å²) in [6.07, 6.45) is -15.1. The van der Waals surface area contributed by atoms with Crippen LogP contribution in [0.3, 0.4) is 0 Å². The average molecular weight is 560 g/mol. The van der Waals surface area contributed by atoms with Gasteiger partial charge in [0.25, 0.3) is 0 Å². The van der Waals surface area contributed by atoms with E-state index in [1.165, 1.54) is 6.92 Å². The maximum atomic E-state index is 11.4. The number of aliphatic hydroxyl groups is 6. The van der Waals surface area contributed by atoms with E-state index in [1.54, 1.807) is 0 Å². The molecule has 3 fully saturated rings. The molecule has 0 spiro atoms. The van der Waals surface area contributed by atoms with Crippen molar-refractivity contribution in [1.82, 2.24) is 0 Å². The molecule has 0 aromatic rings. The molecule has 212 valence electrons.